The lowest BCUT2D eigenvalue weighted by molar-refractivity contribution is 0.246. The Morgan fingerprint density at radius 2 is 1.82 bits per heavy atom. The minimum absolute atomic E-state index is 0.0248. The monoisotopic (exact) mass is 328 g/mol. The third-order valence-electron chi connectivity index (χ3n) is 4.12. The Bertz CT molecular complexity index is 578. The van der Waals surface area contributed by atoms with Crippen molar-refractivity contribution in [1.82, 2.24) is 0 Å². The second-order valence-corrected chi connectivity index (χ2v) is 7.28. The molecule has 0 aliphatic heterocycles. The van der Waals surface area contributed by atoms with Crippen LogP contribution >= 0.6 is 0 Å². The van der Waals surface area contributed by atoms with Crippen molar-refractivity contribution in [2.24, 2.45) is 11.1 Å². The summed E-state index contributed by atoms with van der Waals surface area (Å²) in [6.45, 7) is -0.0438. The first-order valence-corrected chi connectivity index (χ1v) is 8.97. The Hall–Kier alpha value is -1.47. The highest BCUT2D eigenvalue weighted by Gasteiger charge is 2.25. The lowest BCUT2D eigenvalue weighted by Gasteiger charge is -2.25. The second kappa shape index (κ2) is 7.69. The van der Waals surface area contributed by atoms with Crippen LogP contribution in [0.3, 0.4) is 0 Å². The van der Waals surface area contributed by atoms with Crippen molar-refractivity contribution in [2.75, 3.05) is 6.61 Å². The Balaban J connectivity index is 1.88. The molecule has 2 rings (SSSR count). The van der Waals surface area contributed by atoms with Crippen LogP contribution in [0.15, 0.2) is 34.3 Å². The minimum atomic E-state index is -3.84. The van der Waals surface area contributed by atoms with E-state index in [9.17, 15) is 13.3 Å². The van der Waals surface area contributed by atoms with Crippen LogP contribution in [-0.2, 0) is 14.3 Å². The molecule has 0 amide bonds. The average Bonchev–Trinajstić information content (AvgIpc) is 2.53. The molecule has 0 bridgehead atoms. The molecule has 0 heterocycles. The molecule has 122 valence electrons. The fraction of sp³-hybridized carbons (Fsp3) is 0.600. The zero-order valence-corrected chi connectivity index (χ0v) is 13.2. The first-order chi connectivity index (χ1) is 10.5. The molecule has 1 unspecified atom stereocenters. The summed E-state index contributed by atoms with van der Waals surface area (Å²) in [5, 5.41) is 10.5. The van der Waals surface area contributed by atoms with Gasteiger partial charge < -0.3 is 5.11 Å². The zero-order chi connectivity index (χ0) is 16.0. The summed E-state index contributed by atoms with van der Waals surface area (Å²) in [7, 11) is -3.84. The highest BCUT2D eigenvalue weighted by molar-refractivity contribution is 7.86. The lowest BCUT2D eigenvalue weighted by atomic mass is 9.83. The lowest BCUT2D eigenvalue weighted by Crippen LogP contribution is -2.23. The van der Waals surface area contributed by atoms with Gasteiger partial charge in [0.15, 0.2) is 0 Å². The average molecular weight is 328 g/mol. The molecule has 6 nitrogen and oxygen atoms in total. The van der Waals surface area contributed by atoms with E-state index in [-0.39, 0.29) is 29.2 Å². The maximum absolute atomic E-state index is 12.0. The van der Waals surface area contributed by atoms with Crippen LogP contribution in [0.25, 0.3) is 0 Å². The number of nitrogens with zero attached hydrogens (tertiary/aromatic N) is 1. The van der Waals surface area contributed by atoms with Gasteiger partial charge in [-0.05, 0) is 37.3 Å². The summed E-state index contributed by atoms with van der Waals surface area (Å²) in [4.78, 5) is 11.0. The van der Waals surface area contributed by atoms with E-state index in [1.807, 2.05) is 0 Å². The molecule has 1 aromatic carbocycles. The molecule has 0 saturated heterocycles. The number of rotatable bonds is 7. The molecule has 7 heteroatoms. The normalized spacial score (nSPS) is 18.0. The summed E-state index contributed by atoms with van der Waals surface area (Å²) in [6.07, 6.45) is 5.69. The summed E-state index contributed by atoms with van der Waals surface area (Å²) in [5.74, 6) is 0.488. The van der Waals surface area contributed by atoms with Crippen molar-refractivity contribution < 1.29 is 17.7 Å². The highest BCUT2D eigenvalue weighted by Crippen LogP contribution is 2.29. The van der Waals surface area contributed by atoms with Crippen molar-refractivity contribution in [3.8, 4) is 5.75 Å². The minimum Gasteiger partial charge on any atom is -0.593 e. The summed E-state index contributed by atoms with van der Waals surface area (Å²) in [6, 6.07) is 5.11. The van der Waals surface area contributed by atoms with Crippen molar-refractivity contribution in [3.05, 3.63) is 29.2 Å². The quantitative estimate of drug-likeness (QED) is 0.437. The first-order valence-electron chi connectivity index (χ1n) is 7.56. The van der Waals surface area contributed by atoms with Crippen LogP contribution < -0.4 is 0 Å². The fourth-order valence-corrected chi connectivity index (χ4v) is 3.78. The van der Waals surface area contributed by atoms with Crippen molar-refractivity contribution >= 4 is 10.1 Å². The Morgan fingerprint density at radius 3 is 2.41 bits per heavy atom. The van der Waals surface area contributed by atoms with Crippen LogP contribution in [0.5, 0.6) is 5.75 Å². The van der Waals surface area contributed by atoms with E-state index in [1.165, 1.54) is 30.7 Å². The van der Waals surface area contributed by atoms with Gasteiger partial charge in [0.25, 0.3) is 15.9 Å². The van der Waals surface area contributed by atoms with Crippen LogP contribution in [-0.4, -0.2) is 26.2 Å². The third kappa shape index (κ3) is 4.51. The van der Waals surface area contributed by atoms with Gasteiger partial charge in [-0.1, -0.05) is 24.4 Å². The molecule has 1 atom stereocenters. The molecule has 1 fully saturated rings. The van der Waals surface area contributed by atoms with Gasteiger partial charge >= 0.3 is 0 Å². The van der Waals surface area contributed by atoms with Crippen LogP contribution in [0.2, 0.25) is 0 Å². The van der Waals surface area contributed by atoms with E-state index in [0.29, 0.717) is 6.42 Å². The van der Waals surface area contributed by atoms with Gasteiger partial charge in [0.05, 0.1) is 17.5 Å². The summed E-state index contributed by atoms with van der Waals surface area (Å²) >= 11 is 0. The van der Waals surface area contributed by atoms with Gasteiger partial charge in [0, 0.05) is 12.1 Å². The molecule has 0 aromatic heterocycles. The van der Waals surface area contributed by atoms with Gasteiger partial charge in [-0.3, -0.25) is 4.18 Å². The van der Waals surface area contributed by atoms with E-state index in [0.717, 1.165) is 25.7 Å². The van der Waals surface area contributed by atoms with E-state index < -0.39 is 10.1 Å². The van der Waals surface area contributed by atoms with E-state index in [4.69, 9.17) is 9.29 Å². The van der Waals surface area contributed by atoms with Crippen molar-refractivity contribution in [2.45, 2.75) is 49.5 Å². The predicted molar refractivity (Wildman–Crippen MR) is 83.4 cm³/mol. The second-order valence-electron chi connectivity index (χ2n) is 5.66. The van der Waals surface area contributed by atoms with Crippen LogP contribution in [0.4, 0.5) is 0 Å². The molecule has 1 aromatic rings. The molecule has 1 aliphatic carbocycles. The number of benzene rings is 1. The smallest absolute Gasteiger partial charge is 0.296 e. The van der Waals surface area contributed by atoms with E-state index in [1.54, 1.807) is 0 Å². The fourth-order valence-electron chi connectivity index (χ4n) is 2.86. The Kier molecular flexibility index (Phi) is 5.90. The zero-order valence-electron chi connectivity index (χ0n) is 12.4. The maximum Gasteiger partial charge on any atom is 0.296 e. The largest absolute Gasteiger partial charge is 0.593 e. The molecule has 2 N–H and O–H groups in total. The SMILES string of the molecule is O=NC(CCOS(=O)(=O)c1ccc([OH2+])cc1)C1CCCCC1. The number of nitroso groups, excluding NO2 is 1. The molecule has 0 radical (unpaired) electrons. The molecule has 1 aliphatic rings. The Morgan fingerprint density at radius 1 is 1.18 bits per heavy atom. The highest BCUT2D eigenvalue weighted by atomic mass is 32.2. The Labute approximate surface area is 130 Å². The molecule has 0 spiro atoms. The van der Waals surface area contributed by atoms with E-state index in [2.05, 4.69) is 5.18 Å². The number of hydrogen-bond donors (Lipinski definition) is 0. The van der Waals surface area contributed by atoms with Gasteiger partial charge in [-0.15, -0.1) is 0 Å². The predicted octanol–water partition coefficient (Wildman–Crippen LogP) is 2.94. The molecular weight excluding hydrogens is 306 g/mol. The standard InChI is InChI=1S/C15H21NO5S/c17-13-6-8-14(9-7-13)22(19,20)21-11-10-15(16-18)12-4-2-1-3-5-12/h6-9,12,15,17H,1-5,10-11H2/p+1. The maximum atomic E-state index is 12.0. The van der Waals surface area contributed by atoms with Gasteiger partial charge in [-0.2, -0.15) is 13.3 Å². The molecule has 22 heavy (non-hydrogen) atoms. The van der Waals surface area contributed by atoms with Gasteiger partial charge in [0.2, 0.25) is 0 Å². The van der Waals surface area contributed by atoms with Crippen molar-refractivity contribution in [1.29, 1.82) is 0 Å². The molecular formula is C15H22NO5S+. The van der Waals surface area contributed by atoms with Crippen LogP contribution in [0.1, 0.15) is 38.5 Å². The third-order valence-corrected chi connectivity index (χ3v) is 5.45. The van der Waals surface area contributed by atoms with Gasteiger partial charge in [-0.25, -0.2) is 0 Å². The van der Waals surface area contributed by atoms with Crippen molar-refractivity contribution in [3.63, 3.8) is 0 Å². The summed E-state index contributed by atoms with van der Waals surface area (Å²) < 4.78 is 29.0. The van der Waals surface area contributed by atoms with Crippen LogP contribution in [0, 0.1) is 10.8 Å². The number of hydrogen-bond acceptors (Lipinski definition) is 5. The topological polar surface area (TPSA) is 95.7 Å². The first kappa shape index (κ1) is 16.9. The van der Waals surface area contributed by atoms with Gasteiger partial charge in [0.1, 0.15) is 0 Å². The van der Waals surface area contributed by atoms with E-state index >= 15 is 0 Å². The summed E-state index contributed by atoms with van der Waals surface area (Å²) in [5.41, 5.74) is 0. The molecule has 1 saturated carbocycles.